The zero-order valence-electron chi connectivity index (χ0n) is 10.2. The summed E-state index contributed by atoms with van der Waals surface area (Å²) in [7, 11) is 0. The van der Waals surface area contributed by atoms with Crippen LogP contribution in [0.5, 0.6) is 0 Å². The first kappa shape index (κ1) is 11.6. The van der Waals surface area contributed by atoms with Gasteiger partial charge in [0.15, 0.2) is 11.6 Å². The molecule has 3 heteroatoms. The van der Waals surface area contributed by atoms with Gasteiger partial charge in [0.25, 0.3) is 0 Å². The van der Waals surface area contributed by atoms with Gasteiger partial charge in [-0.25, -0.2) is 8.78 Å². The van der Waals surface area contributed by atoms with Gasteiger partial charge >= 0.3 is 0 Å². The van der Waals surface area contributed by atoms with E-state index < -0.39 is 11.6 Å². The van der Waals surface area contributed by atoms with Crippen molar-refractivity contribution in [2.45, 2.75) is 26.2 Å². The van der Waals surface area contributed by atoms with Crippen molar-refractivity contribution in [1.29, 1.82) is 0 Å². The molecule has 0 bridgehead atoms. The summed E-state index contributed by atoms with van der Waals surface area (Å²) in [6.07, 6.45) is 3.92. The van der Waals surface area contributed by atoms with E-state index in [1.54, 1.807) is 19.1 Å². The van der Waals surface area contributed by atoms with Gasteiger partial charge in [-0.2, -0.15) is 0 Å². The van der Waals surface area contributed by atoms with Crippen LogP contribution in [0.4, 0.5) is 8.78 Å². The summed E-state index contributed by atoms with van der Waals surface area (Å²) in [5.41, 5.74) is 1.47. The zero-order chi connectivity index (χ0) is 12.9. The van der Waals surface area contributed by atoms with Crippen molar-refractivity contribution in [2.75, 3.05) is 0 Å². The normalized spacial score (nSPS) is 26.4. The summed E-state index contributed by atoms with van der Waals surface area (Å²) in [5, 5.41) is 0. The molecule has 0 spiro atoms. The molecule has 0 aliphatic heterocycles. The van der Waals surface area contributed by atoms with Gasteiger partial charge in [-0.1, -0.05) is 18.2 Å². The van der Waals surface area contributed by atoms with Crippen LogP contribution in [0.1, 0.15) is 30.4 Å². The van der Waals surface area contributed by atoms with Crippen LogP contribution in [0.25, 0.3) is 5.57 Å². The number of fused-ring (bicyclic) bond motifs is 1. The Labute approximate surface area is 105 Å². The molecule has 2 aliphatic rings. The number of hydrogen-bond donors (Lipinski definition) is 0. The first-order valence-electron chi connectivity index (χ1n) is 6.27. The van der Waals surface area contributed by atoms with Crippen molar-refractivity contribution in [3.8, 4) is 0 Å². The highest BCUT2D eigenvalue weighted by Crippen LogP contribution is 2.46. The molecule has 1 saturated carbocycles. The Morgan fingerprint density at radius 1 is 1.17 bits per heavy atom. The maximum Gasteiger partial charge on any atom is 0.166 e. The molecule has 0 amide bonds. The van der Waals surface area contributed by atoms with E-state index in [0.29, 0.717) is 24.0 Å². The summed E-state index contributed by atoms with van der Waals surface area (Å²) in [6.45, 7) is 1.55. The lowest BCUT2D eigenvalue weighted by Crippen LogP contribution is -2.10. The lowest BCUT2D eigenvalue weighted by molar-refractivity contribution is -0.120. The molecular weight excluding hydrogens is 234 g/mol. The van der Waals surface area contributed by atoms with Crippen LogP contribution >= 0.6 is 0 Å². The average molecular weight is 248 g/mol. The molecule has 94 valence electrons. The minimum absolute atomic E-state index is 0.00349. The van der Waals surface area contributed by atoms with E-state index in [-0.39, 0.29) is 17.6 Å². The van der Waals surface area contributed by atoms with Gasteiger partial charge in [0.2, 0.25) is 0 Å². The summed E-state index contributed by atoms with van der Waals surface area (Å²) >= 11 is 0. The third-order valence-electron chi connectivity index (χ3n) is 4.18. The molecule has 0 aromatic heterocycles. The van der Waals surface area contributed by atoms with Crippen LogP contribution in [0.2, 0.25) is 0 Å². The molecule has 1 aromatic rings. The van der Waals surface area contributed by atoms with Crippen molar-refractivity contribution >= 4 is 11.4 Å². The van der Waals surface area contributed by atoms with E-state index in [2.05, 4.69) is 0 Å². The summed E-state index contributed by atoms with van der Waals surface area (Å²) in [4.78, 5) is 11.6. The van der Waals surface area contributed by atoms with Crippen LogP contribution in [-0.2, 0) is 4.79 Å². The molecule has 1 nitrogen and oxygen atoms in total. The molecular formula is C15H14F2O. The zero-order valence-corrected chi connectivity index (χ0v) is 10.2. The number of allylic oxidation sites excluding steroid dienone is 2. The van der Waals surface area contributed by atoms with Crippen molar-refractivity contribution in [1.82, 2.24) is 0 Å². The second kappa shape index (κ2) is 4.01. The number of Topliss-reactive ketones (excluding diaryl/α,β-unsaturated/α-hetero) is 1. The Kier molecular flexibility index (Phi) is 2.58. The largest absolute Gasteiger partial charge is 0.299 e. The molecule has 2 atom stereocenters. The first-order valence-corrected chi connectivity index (χ1v) is 6.27. The Hall–Kier alpha value is -1.51. The van der Waals surface area contributed by atoms with Crippen molar-refractivity contribution in [3.63, 3.8) is 0 Å². The number of halogens is 2. The lowest BCUT2D eigenvalue weighted by Gasteiger charge is -2.15. The average Bonchev–Trinajstić information content (AvgIpc) is 2.91. The molecule has 1 fully saturated rings. The molecule has 0 saturated heterocycles. The number of aryl methyl sites for hydroxylation is 1. The Morgan fingerprint density at radius 3 is 2.72 bits per heavy atom. The third kappa shape index (κ3) is 1.53. The number of rotatable bonds is 1. The standard InChI is InChI=1S/C15H14F2O/c1-8-2-3-12(15(17)14(8)16)10-4-5-11-9(10)6-7-13(11)18/h2-4,9,11H,5-7H2,1H3/t9-,11+/m0/s1. The monoisotopic (exact) mass is 248 g/mol. The summed E-state index contributed by atoms with van der Waals surface area (Å²) in [6, 6.07) is 3.23. The number of ketones is 1. The minimum Gasteiger partial charge on any atom is -0.299 e. The van der Waals surface area contributed by atoms with E-state index in [1.165, 1.54) is 0 Å². The van der Waals surface area contributed by atoms with E-state index in [4.69, 9.17) is 0 Å². The van der Waals surface area contributed by atoms with Gasteiger partial charge in [0, 0.05) is 17.9 Å². The van der Waals surface area contributed by atoms with Gasteiger partial charge in [-0.15, -0.1) is 0 Å². The van der Waals surface area contributed by atoms with Crippen molar-refractivity contribution in [3.05, 3.63) is 41.0 Å². The number of benzene rings is 1. The summed E-state index contributed by atoms with van der Waals surface area (Å²) < 4.78 is 27.6. The highest BCUT2D eigenvalue weighted by molar-refractivity contribution is 5.89. The number of hydrogen-bond acceptors (Lipinski definition) is 1. The maximum absolute atomic E-state index is 14.0. The van der Waals surface area contributed by atoms with Crippen LogP contribution in [0.15, 0.2) is 18.2 Å². The number of carbonyl (C=O) groups is 1. The molecule has 3 rings (SSSR count). The molecule has 1 aromatic carbocycles. The van der Waals surface area contributed by atoms with Crippen LogP contribution in [0.3, 0.4) is 0 Å². The fourth-order valence-electron chi connectivity index (χ4n) is 3.16. The van der Waals surface area contributed by atoms with Crippen LogP contribution < -0.4 is 0 Å². The SMILES string of the molecule is Cc1ccc(C2=CC[C@H]3C(=O)CC[C@@H]23)c(F)c1F. The Balaban J connectivity index is 2.02. The van der Waals surface area contributed by atoms with Gasteiger partial charge < -0.3 is 0 Å². The van der Waals surface area contributed by atoms with E-state index in [0.717, 1.165) is 12.0 Å². The van der Waals surface area contributed by atoms with Crippen LogP contribution in [-0.4, -0.2) is 5.78 Å². The second-order valence-electron chi connectivity index (χ2n) is 5.17. The summed E-state index contributed by atoms with van der Waals surface area (Å²) in [5.74, 6) is -1.19. The topological polar surface area (TPSA) is 17.1 Å². The Morgan fingerprint density at radius 2 is 1.94 bits per heavy atom. The van der Waals surface area contributed by atoms with Gasteiger partial charge in [-0.3, -0.25) is 4.79 Å². The van der Waals surface area contributed by atoms with Gasteiger partial charge in [0.1, 0.15) is 5.78 Å². The minimum atomic E-state index is -0.777. The van der Waals surface area contributed by atoms with Crippen molar-refractivity contribution < 1.29 is 13.6 Å². The van der Waals surface area contributed by atoms with E-state index in [9.17, 15) is 13.6 Å². The molecule has 0 heterocycles. The molecule has 0 radical (unpaired) electrons. The van der Waals surface area contributed by atoms with E-state index in [1.807, 2.05) is 6.08 Å². The molecule has 18 heavy (non-hydrogen) atoms. The molecule has 0 N–H and O–H groups in total. The van der Waals surface area contributed by atoms with Gasteiger partial charge in [-0.05, 0) is 36.8 Å². The fourth-order valence-corrected chi connectivity index (χ4v) is 3.16. The molecule has 0 unspecified atom stereocenters. The predicted octanol–water partition coefficient (Wildman–Crippen LogP) is 3.66. The van der Waals surface area contributed by atoms with Crippen molar-refractivity contribution in [2.24, 2.45) is 11.8 Å². The lowest BCUT2D eigenvalue weighted by atomic mass is 9.89. The van der Waals surface area contributed by atoms with Crippen LogP contribution in [0, 0.1) is 30.4 Å². The predicted molar refractivity (Wildman–Crippen MR) is 64.9 cm³/mol. The highest BCUT2D eigenvalue weighted by Gasteiger charge is 2.40. The maximum atomic E-state index is 14.0. The fraction of sp³-hybridized carbons (Fsp3) is 0.400. The highest BCUT2D eigenvalue weighted by atomic mass is 19.2. The van der Waals surface area contributed by atoms with Gasteiger partial charge in [0.05, 0.1) is 0 Å². The smallest absolute Gasteiger partial charge is 0.166 e. The quantitative estimate of drug-likeness (QED) is 0.741. The molecule has 2 aliphatic carbocycles. The Bertz CT molecular complexity index is 560. The second-order valence-corrected chi connectivity index (χ2v) is 5.17. The number of carbonyl (C=O) groups excluding carboxylic acids is 1. The first-order chi connectivity index (χ1) is 8.59. The van der Waals surface area contributed by atoms with E-state index >= 15 is 0 Å². The third-order valence-corrected chi connectivity index (χ3v) is 4.18.